The Morgan fingerprint density at radius 3 is 3.12 bits per heavy atom. The van der Waals surface area contributed by atoms with Gasteiger partial charge in [-0.25, -0.2) is 4.98 Å². The van der Waals surface area contributed by atoms with Gasteiger partial charge in [-0.15, -0.1) is 11.3 Å². The van der Waals surface area contributed by atoms with Crippen molar-refractivity contribution in [3.63, 3.8) is 0 Å². The van der Waals surface area contributed by atoms with E-state index in [0.717, 1.165) is 17.0 Å². The molecule has 3 heterocycles. The van der Waals surface area contributed by atoms with Gasteiger partial charge in [0.15, 0.2) is 0 Å². The molecule has 0 aromatic carbocycles. The lowest BCUT2D eigenvalue weighted by Crippen LogP contribution is -2.46. The van der Waals surface area contributed by atoms with Gasteiger partial charge < -0.3 is 14.6 Å². The molecule has 7 heteroatoms. The summed E-state index contributed by atoms with van der Waals surface area (Å²) in [5.41, 5.74) is 0.604. The topological polar surface area (TPSA) is 75.3 Å². The van der Waals surface area contributed by atoms with Crippen LogP contribution in [0.4, 0.5) is 0 Å². The first-order chi connectivity index (χ1) is 11.6. The van der Waals surface area contributed by atoms with Crippen molar-refractivity contribution in [2.75, 3.05) is 19.7 Å². The van der Waals surface area contributed by atoms with Gasteiger partial charge in [0.05, 0.1) is 25.5 Å². The first kappa shape index (κ1) is 16.9. The number of rotatable bonds is 5. The van der Waals surface area contributed by atoms with Crippen LogP contribution in [0.15, 0.2) is 29.3 Å². The van der Waals surface area contributed by atoms with Crippen molar-refractivity contribution in [2.24, 2.45) is 0 Å². The van der Waals surface area contributed by atoms with Crippen LogP contribution in [-0.2, 0) is 22.4 Å². The van der Waals surface area contributed by atoms with Crippen LogP contribution in [0.3, 0.4) is 0 Å². The summed E-state index contributed by atoms with van der Waals surface area (Å²) in [7, 11) is 0. The molecule has 1 aliphatic rings. The lowest BCUT2D eigenvalue weighted by atomic mass is 10.1. The lowest BCUT2D eigenvalue weighted by Gasteiger charge is -2.33. The number of nitrogens with zero attached hydrogens (tertiary/aromatic N) is 2. The average molecular weight is 347 g/mol. The van der Waals surface area contributed by atoms with Crippen molar-refractivity contribution in [3.8, 4) is 0 Å². The largest absolute Gasteiger partial charge is 0.375 e. The molecule has 1 N–H and O–H groups in total. The van der Waals surface area contributed by atoms with Gasteiger partial charge in [-0.2, -0.15) is 0 Å². The van der Waals surface area contributed by atoms with Crippen LogP contribution < -0.4 is 5.56 Å². The highest BCUT2D eigenvalue weighted by atomic mass is 32.1. The number of aryl methyl sites for hydroxylation is 2. The van der Waals surface area contributed by atoms with E-state index in [1.54, 1.807) is 11.3 Å². The maximum atomic E-state index is 12.5. The SMILES string of the molecule is Cc1ccc(CC(=O)N2CCO[C@H](CCc3cc(=O)[nH]cn3)C2)s1. The summed E-state index contributed by atoms with van der Waals surface area (Å²) in [6.45, 7) is 3.85. The summed E-state index contributed by atoms with van der Waals surface area (Å²) in [6.07, 6.45) is 3.28. The van der Waals surface area contributed by atoms with Gasteiger partial charge in [-0.1, -0.05) is 0 Å². The second-order valence-electron chi connectivity index (χ2n) is 5.96. The molecule has 0 spiro atoms. The van der Waals surface area contributed by atoms with Crippen LogP contribution >= 0.6 is 11.3 Å². The third-order valence-corrected chi connectivity index (χ3v) is 5.07. The standard InChI is InChI=1S/C17H21N3O3S/c1-12-2-5-15(24-12)9-17(22)20-6-7-23-14(10-20)4-3-13-8-16(21)19-11-18-13/h2,5,8,11,14H,3-4,6-7,9-10H2,1H3,(H,18,19,21)/t14-/m1/s1. The molecule has 1 saturated heterocycles. The zero-order valence-electron chi connectivity index (χ0n) is 13.7. The minimum atomic E-state index is -0.146. The van der Waals surface area contributed by atoms with Crippen LogP contribution in [0, 0.1) is 6.92 Å². The number of carbonyl (C=O) groups is 1. The molecule has 2 aromatic rings. The minimum Gasteiger partial charge on any atom is -0.375 e. The Balaban J connectivity index is 1.52. The van der Waals surface area contributed by atoms with E-state index in [-0.39, 0.29) is 17.6 Å². The molecule has 1 atom stereocenters. The number of morpholine rings is 1. The lowest BCUT2D eigenvalue weighted by molar-refractivity contribution is -0.138. The molecule has 0 saturated carbocycles. The van der Waals surface area contributed by atoms with Crippen molar-refractivity contribution >= 4 is 17.2 Å². The maximum absolute atomic E-state index is 12.5. The molecule has 0 aliphatic carbocycles. The number of H-pyrrole nitrogens is 1. The molecule has 0 bridgehead atoms. The van der Waals surface area contributed by atoms with E-state index < -0.39 is 0 Å². The van der Waals surface area contributed by atoms with E-state index >= 15 is 0 Å². The second kappa shape index (κ2) is 7.72. The van der Waals surface area contributed by atoms with E-state index in [2.05, 4.69) is 9.97 Å². The van der Waals surface area contributed by atoms with Crippen molar-refractivity contribution in [3.05, 3.63) is 50.3 Å². The number of nitrogens with one attached hydrogen (secondary N) is 1. The monoisotopic (exact) mass is 347 g/mol. The number of thiophene rings is 1. The van der Waals surface area contributed by atoms with Crippen molar-refractivity contribution in [1.82, 2.24) is 14.9 Å². The fourth-order valence-corrected chi connectivity index (χ4v) is 3.70. The van der Waals surface area contributed by atoms with Gasteiger partial charge in [-0.3, -0.25) is 9.59 Å². The highest BCUT2D eigenvalue weighted by molar-refractivity contribution is 7.12. The second-order valence-corrected chi connectivity index (χ2v) is 7.34. The summed E-state index contributed by atoms with van der Waals surface area (Å²) >= 11 is 1.67. The molecule has 6 nitrogen and oxygen atoms in total. The zero-order chi connectivity index (χ0) is 16.9. The summed E-state index contributed by atoms with van der Waals surface area (Å²) < 4.78 is 5.76. The molecule has 24 heavy (non-hydrogen) atoms. The Morgan fingerprint density at radius 2 is 2.38 bits per heavy atom. The number of carbonyl (C=O) groups excluding carboxylic acids is 1. The smallest absolute Gasteiger partial charge is 0.250 e. The molecule has 1 aliphatic heterocycles. The van der Waals surface area contributed by atoms with E-state index in [0.29, 0.717) is 32.5 Å². The number of hydrogen-bond acceptors (Lipinski definition) is 5. The first-order valence-corrected chi connectivity index (χ1v) is 8.90. The minimum absolute atomic E-state index is 0.00569. The van der Waals surface area contributed by atoms with Crippen LogP contribution in [0.25, 0.3) is 0 Å². The highest BCUT2D eigenvalue weighted by Crippen LogP contribution is 2.18. The van der Waals surface area contributed by atoms with Gasteiger partial charge in [0.2, 0.25) is 5.91 Å². The quantitative estimate of drug-likeness (QED) is 0.890. The molecular weight excluding hydrogens is 326 g/mol. The van der Waals surface area contributed by atoms with Gasteiger partial charge in [0.25, 0.3) is 5.56 Å². The number of ether oxygens (including phenoxy) is 1. The molecule has 2 aromatic heterocycles. The van der Waals surface area contributed by atoms with Gasteiger partial charge in [0, 0.05) is 34.6 Å². The molecule has 1 fully saturated rings. The van der Waals surface area contributed by atoms with E-state index in [1.165, 1.54) is 17.3 Å². The van der Waals surface area contributed by atoms with E-state index in [9.17, 15) is 9.59 Å². The highest BCUT2D eigenvalue weighted by Gasteiger charge is 2.24. The van der Waals surface area contributed by atoms with Crippen molar-refractivity contribution < 1.29 is 9.53 Å². The summed E-state index contributed by atoms with van der Waals surface area (Å²) in [6, 6.07) is 5.57. The molecule has 0 radical (unpaired) electrons. The fourth-order valence-electron chi connectivity index (χ4n) is 2.82. The normalized spacial score (nSPS) is 17.9. The summed E-state index contributed by atoms with van der Waals surface area (Å²) in [5, 5.41) is 0. The van der Waals surface area contributed by atoms with Gasteiger partial charge in [-0.05, 0) is 31.9 Å². The Bertz CT molecular complexity index is 755. The zero-order valence-corrected chi connectivity index (χ0v) is 14.5. The molecule has 0 unspecified atom stereocenters. The van der Waals surface area contributed by atoms with Crippen LogP contribution in [0.5, 0.6) is 0 Å². The molecule has 3 rings (SSSR count). The van der Waals surface area contributed by atoms with E-state index in [1.807, 2.05) is 24.0 Å². The maximum Gasteiger partial charge on any atom is 0.250 e. The number of hydrogen-bond donors (Lipinski definition) is 1. The molecule has 128 valence electrons. The van der Waals surface area contributed by atoms with Gasteiger partial charge in [0.1, 0.15) is 0 Å². The Kier molecular flexibility index (Phi) is 5.42. The average Bonchev–Trinajstić information content (AvgIpc) is 2.98. The van der Waals surface area contributed by atoms with Crippen LogP contribution in [0.1, 0.15) is 21.9 Å². The Labute approximate surface area is 144 Å². The van der Waals surface area contributed by atoms with Crippen LogP contribution in [0.2, 0.25) is 0 Å². The number of amides is 1. The number of aromatic nitrogens is 2. The predicted octanol–water partition coefficient (Wildman–Crippen LogP) is 1.54. The molecular formula is C17H21N3O3S. The summed E-state index contributed by atoms with van der Waals surface area (Å²) in [5.74, 6) is 0.152. The Morgan fingerprint density at radius 1 is 1.50 bits per heavy atom. The van der Waals surface area contributed by atoms with Gasteiger partial charge >= 0.3 is 0 Å². The first-order valence-electron chi connectivity index (χ1n) is 8.08. The Hall–Kier alpha value is -1.99. The third kappa shape index (κ3) is 4.52. The number of aromatic amines is 1. The molecule has 1 amide bonds. The summed E-state index contributed by atoms with van der Waals surface area (Å²) in [4.78, 5) is 34.6. The van der Waals surface area contributed by atoms with Crippen molar-refractivity contribution in [1.29, 1.82) is 0 Å². The third-order valence-electron chi connectivity index (χ3n) is 4.07. The van der Waals surface area contributed by atoms with Crippen LogP contribution in [-0.4, -0.2) is 46.6 Å². The van der Waals surface area contributed by atoms with Crippen molar-refractivity contribution in [2.45, 2.75) is 32.3 Å². The predicted molar refractivity (Wildman–Crippen MR) is 92.3 cm³/mol. The van der Waals surface area contributed by atoms with E-state index in [4.69, 9.17) is 4.74 Å². The fraction of sp³-hybridized carbons (Fsp3) is 0.471.